The van der Waals surface area contributed by atoms with Gasteiger partial charge >= 0.3 is 11.6 Å². The summed E-state index contributed by atoms with van der Waals surface area (Å²) in [5.74, 6) is 0.384. The van der Waals surface area contributed by atoms with E-state index in [0.29, 0.717) is 17.1 Å². The number of rotatable bonds is 4. The Hall–Kier alpha value is -3.57. The van der Waals surface area contributed by atoms with Gasteiger partial charge in [0.05, 0.1) is 23.6 Å². The summed E-state index contributed by atoms with van der Waals surface area (Å²) in [5.41, 5.74) is 1.08. The lowest BCUT2D eigenvalue weighted by molar-refractivity contribution is -0.385. The molecule has 1 atom stereocenters. The van der Waals surface area contributed by atoms with Crippen molar-refractivity contribution in [3.8, 4) is 5.88 Å². The maximum absolute atomic E-state index is 11.1. The van der Waals surface area contributed by atoms with E-state index in [1.165, 1.54) is 18.0 Å². The molecule has 0 unspecified atom stereocenters. The van der Waals surface area contributed by atoms with Crippen LogP contribution in [0.15, 0.2) is 18.7 Å². The van der Waals surface area contributed by atoms with Crippen LogP contribution in [0.3, 0.4) is 0 Å². The van der Waals surface area contributed by atoms with E-state index in [1.54, 1.807) is 35.7 Å². The van der Waals surface area contributed by atoms with Gasteiger partial charge in [0.25, 0.3) is 0 Å². The Kier molecular flexibility index (Phi) is 3.13. The monoisotopic (exact) mass is 343 g/mol. The SMILES string of the molecule is COc1nn([C@@H](C)c2nc3c4cnn(C)c4ncn3n2)cc1[N+](=O)[O-]. The summed E-state index contributed by atoms with van der Waals surface area (Å²) in [4.78, 5) is 19.3. The third-order valence-corrected chi connectivity index (χ3v) is 3.93. The number of methoxy groups -OCH3 is 1. The van der Waals surface area contributed by atoms with Crippen molar-refractivity contribution in [2.24, 2.45) is 7.05 Å². The third-order valence-electron chi connectivity index (χ3n) is 3.93. The summed E-state index contributed by atoms with van der Waals surface area (Å²) >= 11 is 0. The standard InChI is InChI=1S/C13H13N9O3/c1-7(20-5-9(22(23)24)13(18-20)25-3)10-16-12-8-4-15-19(2)11(8)14-6-21(12)17-10/h4-7H,1-3H3/t7-/m0/s1. The molecule has 4 rings (SSSR count). The molecule has 25 heavy (non-hydrogen) atoms. The van der Waals surface area contributed by atoms with Crippen LogP contribution in [0.2, 0.25) is 0 Å². The van der Waals surface area contributed by atoms with Gasteiger partial charge in [0.1, 0.15) is 18.6 Å². The molecular weight excluding hydrogens is 330 g/mol. The van der Waals surface area contributed by atoms with Gasteiger partial charge in [-0.05, 0) is 6.92 Å². The molecule has 0 fully saturated rings. The van der Waals surface area contributed by atoms with Crippen molar-refractivity contribution in [2.75, 3.05) is 7.11 Å². The van der Waals surface area contributed by atoms with Crippen molar-refractivity contribution in [3.63, 3.8) is 0 Å². The summed E-state index contributed by atoms with van der Waals surface area (Å²) in [6, 6.07) is -0.436. The Morgan fingerprint density at radius 1 is 1.32 bits per heavy atom. The highest BCUT2D eigenvalue weighted by Gasteiger charge is 2.25. The molecule has 0 N–H and O–H groups in total. The minimum absolute atomic E-state index is 0.0584. The second-order valence-electron chi connectivity index (χ2n) is 5.42. The number of aryl methyl sites for hydroxylation is 1. The minimum Gasteiger partial charge on any atom is -0.475 e. The molecule has 0 spiro atoms. The van der Waals surface area contributed by atoms with E-state index in [-0.39, 0.29) is 11.6 Å². The van der Waals surface area contributed by atoms with Crippen LogP contribution in [0, 0.1) is 10.1 Å². The van der Waals surface area contributed by atoms with E-state index in [2.05, 4.69) is 25.3 Å². The third kappa shape index (κ3) is 2.18. The summed E-state index contributed by atoms with van der Waals surface area (Å²) in [5, 5.41) is 24.5. The summed E-state index contributed by atoms with van der Waals surface area (Å²) < 4.78 is 9.55. The Morgan fingerprint density at radius 2 is 2.12 bits per heavy atom. The van der Waals surface area contributed by atoms with E-state index in [0.717, 1.165) is 5.39 Å². The Labute approximate surface area is 139 Å². The molecule has 12 nitrogen and oxygen atoms in total. The van der Waals surface area contributed by atoms with Crippen molar-refractivity contribution < 1.29 is 9.66 Å². The number of hydrogen-bond donors (Lipinski definition) is 0. The first-order valence-corrected chi connectivity index (χ1v) is 7.30. The van der Waals surface area contributed by atoms with Gasteiger partial charge < -0.3 is 4.74 Å². The number of ether oxygens (including phenoxy) is 1. The zero-order valence-electron chi connectivity index (χ0n) is 13.6. The largest absolute Gasteiger partial charge is 0.475 e. The number of nitrogens with zero attached hydrogens (tertiary/aromatic N) is 9. The highest BCUT2D eigenvalue weighted by molar-refractivity contribution is 5.88. The van der Waals surface area contributed by atoms with E-state index in [1.807, 2.05) is 0 Å². The fourth-order valence-electron chi connectivity index (χ4n) is 2.59. The number of aromatic nitrogens is 8. The van der Waals surface area contributed by atoms with E-state index < -0.39 is 11.0 Å². The predicted octanol–water partition coefficient (Wildman–Crippen LogP) is 0.734. The quantitative estimate of drug-likeness (QED) is 0.391. The lowest BCUT2D eigenvalue weighted by Crippen LogP contribution is -2.09. The first kappa shape index (κ1) is 15.0. The summed E-state index contributed by atoms with van der Waals surface area (Å²) in [6.07, 6.45) is 4.52. The van der Waals surface area contributed by atoms with Crippen molar-refractivity contribution in [3.05, 3.63) is 34.7 Å². The average Bonchev–Trinajstić information content (AvgIpc) is 3.29. The Morgan fingerprint density at radius 3 is 2.80 bits per heavy atom. The van der Waals surface area contributed by atoms with Crippen molar-refractivity contribution in [1.29, 1.82) is 0 Å². The van der Waals surface area contributed by atoms with Crippen molar-refractivity contribution in [1.82, 2.24) is 39.1 Å². The smallest absolute Gasteiger partial charge is 0.350 e. The van der Waals surface area contributed by atoms with Crippen LogP contribution in [0.5, 0.6) is 5.88 Å². The fourth-order valence-corrected chi connectivity index (χ4v) is 2.59. The molecule has 0 bridgehead atoms. The number of fused-ring (bicyclic) bond motifs is 3. The minimum atomic E-state index is -0.546. The van der Waals surface area contributed by atoms with Crippen LogP contribution >= 0.6 is 0 Å². The summed E-state index contributed by atoms with van der Waals surface area (Å²) in [7, 11) is 3.12. The molecule has 0 saturated heterocycles. The Balaban J connectivity index is 1.81. The molecule has 0 aromatic carbocycles. The Bertz CT molecular complexity index is 1110. The first-order valence-electron chi connectivity index (χ1n) is 7.30. The van der Waals surface area contributed by atoms with E-state index >= 15 is 0 Å². The van der Waals surface area contributed by atoms with Crippen molar-refractivity contribution in [2.45, 2.75) is 13.0 Å². The first-order chi connectivity index (χ1) is 12.0. The van der Waals surface area contributed by atoms with Crippen LogP contribution < -0.4 is 4.74 Å². The van der Waals surface area contributed by atoms with E-state index in [4.69, 9.17) is 4.74 Å². The fraction of sp³-hybridized carbons (Fsp3) is 0.308. The van der Waals surface area contributed by atoms with Crippen LogP contribution in [-0.2, 0) is 7.05 Å². The summed E-state index contributed by atoms with van der Waals surface area (Å²) in [6.45, 7) is 1.79. The lowest BCUT2D eigenvalue weighted by atomic mass is 10.3. The topological polar surface area (TPSA) is 131 Å². The second kappa shape index (κ2) is 5.22. The molecule has 0 aliphatic carbocycles. The van der Waals surface area contributed by atoms with Gasteiger partial charge in [-0.3, -0.25) is 19.5 Å². The van der Waals surface area contributed by atoms with Gasteiger partial charge in [0.15, 0.2) is 17.1 Å². The zero-order valence-corrected chi connectivity index (χ0v) is 13.6. The molecule has 12 heteroatoms. The van der Waals surface area contributed by atoms with Gasteiger partial charge in [-0.1, -0.05) is 0 Å². The molecule has 128 valence electrons. The van der Waals surface area contributed by atoms with Gasteiger partial charge in [-0.2, -0.15) is 5.10 Å². The lowest BCUT2D eigenvalue weighted by Gasteiger charge is -2.06. The number of hydrogen-bond acceptors (Lipinski definition) is 8. The van der Waals surface area contributed by atoms with E-state index in [9.17, 15) is 10.1 Å². The zero-order chi connectivity index (χ0) is 17.7. The second-order valence-corrected chi connectivity index (χ2v) is 5.42. The maximum Gasteiger partial charge on any atom is 0.350 e. The molecule has 0 saturated carbocycles. The van der Waals surface area contributed by atoms with Crippen LogP contribution in [-0.4, -0.2) is 51.2 Å². The van der Waals surface area contributed by atoms with Gasteiger partial charge in [0, 0.05) is 7.05 Å². The molecule has 0 aliphatic rings. The predicted molar refractivity (Wildman–Crippen MR) is 84.3 cm³/mol. The molecule has 0 radical (unpaired) electrons. The van der Waals surface area contributed by atoms with Gasteiger partial charge in [-0.15, -0.1) is 10.2 Å². The maximum atomic E-state index is 11.1. The molecule has 0 aliphatic heterocycles. The molecule has 0 amide bonds. The van der Waals surface area contributed by atoms with Crippen LogP contribution in [0.1, 0.15) is 18.8 Å². The van der Waals surface area contributed by atoms with Crippen LogP contribution in [0.25, 0.3) is 16.7 Å². The molecule has 4 aromatic rings. The normalized spacial score (nSPS) is 12.8. The van der Waals surface area contributed by atoms with Gasteiger partial charge in [-0.25, -0.2) is 14.5 Å². The highest BCUT2D eigenvalue weighted by atomic mass is 16.6. The average molecular weight is 343 g/mol. The van der Waals surface area contributed by atoms with Crippen molar-refractivity contribution >= 4 is 22.4 Å². The number of nitro groups is 1. The molecule has 4 heterocycles. The highest BCUT2D eigenvalue weighted by Crippen LogP contribution is 2.27. The van der Waals surface area contributed by atoms with Crippen LogP contribution in [0.4, 0.5) is 5.69 Å². The molecular formula is C13H13N9O3. The molecule has 4 aromatic heterocycles. The van der Waals surface area contributed by atoms with Gasteiger partial charge in [0.2, 0.25) is 0 Å².